The first-order valence-electron chi connectivity index (χ1n) is 8.37. The summed E-state index contributed by atoms with van der Waals surface area (Å²) in [6.45, 7) is 5.66. The van der Waals surface area contributed by atoms with Crippen molar-refractivity contribution in [2.75, 3.05) is 13.2 Å². The summed E-state index contributed by atoms with van der Waals surface area (Å²) in [5.74, 6) is -1.12. The number of ether oxygens (including phenoxy) is 1. The fourth-order valence-electron chi connectivity index (χ4n) is 2.30. The zero-order chi connectivity index (χ0) is 19.1. The molecule has 0 fully saturated rings. The molecule has 0 aliphatic carbocycles. The van der Waals surface area contributed by atoms with Crippen LogP contribution in [-0.4, -0.2) is 50.6 Å². The minimum atomic E-state index is -0.722. The number of urea groups is 1. The number of fused-ring (bicyclic) bond motifs is 1. The maximum Gasteiger partial charge on any atom is 0.342 e. The third kappa shape index (κ3) is 4.74. The van der Waals surface area contributed by atoms with Gasteiger partial charge in [0, 0.05) is 12.7 Å². The highest BCUT2D eigenvalue weighted by Gasteiger charge is 2.21. The number of hydrogen-bond donors (Lipinski definition) is 2. The summed E-state index contributed by atoms with van der Waals surface area (Å²) in [5, 5.41) is 8.69. The molecule has 3 amide bonds. The van der Waals surface area contributed by atoms with E-state index in [0.717, 1.165) is 12.8 Å². The Labute approximate surface area is 150 Å². The summed E-state index contributed by atoms with van der Waals surface area (Å²) in [6, 6.07) is -0.618. The lowest BCUT2D eigenvalue weighted by molar-refractivity contribution is -0.123. The average Bonchev–Trinajstić information content (AvgIpc) is 3.07. The normalized spacial score (nSPS) is 10.8. The van der Waals surface area contributed by atoms with Gasteiger partial charge in [0.2, 0.25) is 0 Å². The Balaban J connectivity index is 1.98. The molecular weight excluding hydrogens is 340 g/mol. The zero-order valence-corrected chi connectivity index (χ0v) is 15.0. The number of hydrogen-bond acceptors (Lipinski definition) is 7. The van der Waals surface area contributed by atoms with Crippen LogP contribution in [0.1, 0.15) is 55.6 Å². The molecule has 10 heteroatoms. The van der Waals surface area contributed by atoms with Crippen LogP contribution >= 0.6 is 0 Å². The molecule has 2 aromatic heterocycles. The van der Waals surface area contributed by atoms with Gasteiger partial charge in [0.05, 0.1) is 11.3 Å². The van der Waals surface area contributed by atoms with Crippen LogP contribution in [-0.2, 0) is 9.53 Å². The van der Waals surface area contributed by atoms with E-state index in [9.17, 15) is 14.4 Å². The molecule has 0 spiro atoms. The number of carbonyl (C=O) groups excluding carboxylic acids is 3. The van der Waals surface area contributed by atoms with Crippen LogP contribution in [0.4, 0.5) is 4.79 Å². The molecule has 0 saturated carbocycles. The van der Waals surface area contributed by atoms with Gasteiger partial charge in [0.25, 0.3) is 11.7 Å². The molecule has 0 radical (unpaired) electrons. The van der Waals surface area contributed by atoms with Gasteiger partial charge in [-0.3, -0.25) is 10.1 Å². The van der Waals surface area contributed by atoms with E-state index in [0.29, 0.717) is 18.0 Å². The van der Waals surface area contributed by atoms with Crippen LogP contribution in [0.5, 0.6) is 0 Å². The molecule has 0 bridgehead atoms. The van der Waals surface area contributed by atoms with Crippen LogP contribution in [0, 0.1) is 0 Å². The minimum absolute atomic E-state index is 0.0529. The van der Waals surface area contributed by atoms with Crippen molar-refractivity contribution in [3.8, 4) is 0 Å². The minimum Gasteiger partial charge on any atom is -0.452 e. The second-order valence-corrected chi connectivity index (χ2v) is 5.92. The molecule has 2 N–H and O–H groups in total. The fraction of sp³-hybridized carbons (Fsp3) is 0.500. The van der Waals surface area contributed by atoms with Crippen molar-refractivity contribution in [1.82, 2.24) is 30.2 Å². The largest absolute Gasteiger partial charge is 0.452 e. The Morgan fingerprint density at radius 3 is 2.73 bits per heavy atom. The Hall–Kier alpha value is -3.04. The average molecular weight is 362 g/mol. The smallest absolute Gasteiger partial charge is 0.342 e. The quantitative estimate of drug-likeness (QED) is 0.556. The van der Waals surface area contributed by atoms with E-state index in [-0.39, 0.29) is 11.5 Å². The number of esters is 1. The second-order valence-electron chi connectivity index (χ2n) is 5.92. The summed E-state index contributed by atoms with van der Waals surface area (Å²) in [5.41, 5.74) is 0.772. The van der Waals surface area contributed by atoms with Crippen molar-refractivity contribution in [3.63, 3.8) is 0 Å². The van der Waals surface area contributed by atoms with E-state index >= 15 is 0 Å². The number of imide groups is 1. The molecule has 10 nitrogen and oxygen atoms in total. The molecule has 0 unspecified atom stereocenters. The van der Waals surface area contributed by atoms with Gasteiger partial charge in [-0.05, 0) is 12.3 Å². The summed E-state index contributed by atoms with van der Waals surface area (Å²) >= 11 is 0. The first kappa shape index (κ1) is 19.3. The van der Waals surface area contributed by atoms with Crippen molar-refractivity contribution in [2.24, 2.45) is 0 Å². The van der Waals surface area contributed by atoms with Crippen molar-refractivity contribution >= 4 is 23.7 Å². The number of amides is 3. The van der Waals surface area contributed by atoms with E-state index in [1.54, 1.807) is 0 Å². The third-order valence-electron chi connectivity index (χ3n) is 3.51. The summed E-state index contributed by atoms with van der Waals surface area (Å²) < 4.78 is 6.46. The van der Waals surface area contributed by atoms with E-state index < -0.39 is 24.5 Å². The predicted molar refractivity (Wildman–Crippen MR) is 91.6 cm³/mol. The van der Waals surface area contributed by atoms with Crippen LogP contribution < -0.4 is 10.6 Å². The molecule has 2 rings (SSSR count). The Bertz CT molecular complexity index is 801. The van der Waals surface area contributed by atoms with Gasteiger partial charge >= 0.3 is 12.0 Å². The summed E-state index contributed by atoms with van der Waals surface area (Å²) in [6.07, 6.45) is 4.42. The van der Waals surface area contributed by atoms with E-state index in [1.165, 1.54) is 17.0 Å². The van der Waals surface area contributed by atoms with Crippen LogP contribution in [0.3, 0.4) is 0 Å². The monoisotopic (exact) mass is 362 g/mol. The molecule has 0 aromatic carbocycles. The highest BCUT2D eigenvalue weighted by atomic mass is 16.5. The number of rotatable bonds is 7. The highest BCUT2D eigenvalue weighted by Crippen LogP contribution is 2.19. The summed E-state index contributed by atoms with van der Waals surface area (Å²) in [7, 11) is 0. The van der Waals surface area contributed by atoms with Gasteiger partial charge in [-0.2, -0.15) is 10.1 Å². The zero-order valence-electron chi connectivity index (χ0n) is 15.0. The molecule has 0 saturated heterocycles. The number of aromatic nitrogens is 4. The Kier molecular flexibility index (Phi) is 6.59. The SMILES string of the molecule is CCCCNC(=O)NC(=O)COC(=O)c1cnc2ncnn2c1C(C)C. The maximum absolute atomic E-state index is 12.3. The Morgan fingerprint density at radius 2 is 2.04 bits per heavy atom. The van der Waals surface area contributed by atoms with Gasteiger partial charge in [-0.25, -0.2) is 19.1 Å². The number of nitrogens with one attached hydrogen (secondary N) is 2. The lowest BCUT2D eigenvalue weighted by atomic mass is 10.1. The van der Waals surface area contributed by atoms with E-state index in [4.69, 9.17) is 4.74 Å². The van der Waals surface area contributed by atoms with Gasteiger partial charge in [0.1, 0.15) is 6.33 Å². The molecule has 0 aliphatic heterocycles. The van der Waals surface area contributed by atoms with Crippen molar-refractivity contribution in [3.05, 3.63) is 23.8 Å². The lowest BCUT2D eigenvalue weighted by Crippen LogP contribution is -2.41. The second kappa shape index (κ2) is 8.88. The lowest BCUT2D eigenvalue weighted by Gasteiger charge is -2.13. The predicted octanol–water partition coefficient (Wildman–Crippen LogP) is 1.03. The number of unbranched alkanes of at least 4 members (excludes halogenated alkanes) is 1. The maximum atomic E-state index is 12.3. The van der Waals surface area contributed by atoms with Crippen LogP contribution in [0.2, 0.25) is 0 Å². The standard InChI is InChI=1S/C16H22N6O4/c1-4-5-6-17-16(25)21-12(23)8-26-14(24)11-7-18-15-19-9-20-22(15)13(11)10(2)3/h7,9-10H,4-6,8H2,1-3H3,(H2,17,21,23,25). The number of carbonyl (C=O) groups is 3. The van der Waals surface area contributed by atoms with Crippen molar-refractivity contribution < 1.29 is 19.1 Å². The van der Waals surface area contributed by atoms with Crippen molar-refractivity contribution in [1.29, 1.82) is 0 Å². The van der Waals surface area contributed by atoms with Gasteiger partial charge in [-0.15, -0.1) is 0 Å². The van der Waals surface area contributed by atoms with Gasteiger partial charge in [-0.1, -0.05) is 27.2 Å². The molecule has 0 aliphatic rings. The van der Waals surface area contributed by atoms with E-state index in [1.807, 2.05) is 20.8 Å². The van der Waals surface area contributed by atoms with Crippen molar-refractivity contribution in [2.45, 2.75) is 39.5 Å². The fourth-order valence-corrected chi connectivity index (χ4v) is 2.30. The topological polar surface area (TPSA) is 128 Å². The highest BCUT2D eigenvalue weighted by molar-refractivity contribution is 5.97. The van der Waals surface area contributed by atoms with Gasteiger partial charge in [0.15, 0.2) is 6.61 Å². The molecule has 0 atom stereocenters. The molecule has 140 valence electrons. The summed E-state index contributed by atoms with van der Waals surface area (Å²) in [4.78, 5) is 43.6. The molecular formula is C16H22N6O4. The van der Waals surface area contributed by atoms with E-state index in [2.05, 4.69) is 25.7 Å². The number of nitrogens with zero attached hydrogens (tertiary/aromatic N) is 4. The van der Waals surface area contributed by atoms with Gasteiger partial charge < -0.3 is 10.1 Å². The first-order chi connectivity index (χ1) is 12.4. The molecule has 2 aromatic rings. The Morgan fingerprint density at radius 1 is 1.27 bits per heavy atom. The molecule has 2 heterocycles. The third-order valence-corrected chi connectivity index (χ3v) is 3.51. The molecule has 26 heavy (non-hydrogen) atoms. The van der Waals surface area contributed by atoms with Crippen LogP contribution in [0.25, 0.3) is 5.78 Å². The first-order valence-corrected chi connectivity index (χ1v) is 8.37. The van der Waals surface area contributed by atoms with Crippen LogP contribution in [0.15, 0.2) is 12.5 Å².